The number of ether oxygens (including phenoxy) is 1. The van der Waals surface area contributed by atoms with E-state index >= 15 is 0 Å². The third-order valence-electron chi connectivity index (χ3n) is 4.57. The van der Waals surface area contributed by atoms with Gasteiger partial charge in [0.05, 0.1) is 0 Å². The van der Waals surface area contributed by atoms with E-state index in [0.717, 1.165) is 10.5 Å². The zero-order valence-electron chi connectivity index (χ0n) is 17.3. The maximum atomic E-state index is 13.0. The summed E-state index contributed by atoms with van der Waals surface area (Å²) in [5.74, 6) is 0.410. The second-order valence-electron chi connectivity index (χ2n) is 7.02. The molecule has 4 rings (SSSR count). The van der Waals surface area contributed by atoms with Crippen molar-refractivity contribution in [2.45, 2.75) is 23.4 Å². The Hall–Kier alpha value is -3.71. The lowest BCUT2D eigenvalue weighted by Gasteiger charge is -2.10. The molecule has 0 fully saturated rings. The molecule has 0 spiro atoms. The van der Waals surface area contributed by atoms with Crippen LogP contribution < -0.4 is 10.1 Å². The quantitative estimate of drug-likeness (QED) is 0.390. The summed E-state index contributed by atoms with van der Waals surface area (Å²) in [4.78, 5) is 22.1. The second-order valence-corrected chi connectivity index (χ2v) is 8.08. The van der Waals surface area contributed by atoms with E-state index in [-0.39, 0.29) is 11.7 Å². The van der Waals surface area contributed by atoms with Crippen LogP contribution in [0.15, 0.2) is 95.1 Å². The van der Waals surface area contributed by atoms with Gasteiger partial charge >= 0.3 is 0 Å². The van der Waals surface area contributed by atoms with Crippen molar-refractivity contribution in [3.8, 4) is 11.6 Å². The summed E-state index contributed by atoms with van der Waals surface area (Å²) in [5.41, 5.74) is 2.50. The summed E-state index contributed by atoms with van der Waals surface area (Å²) in [5, 5.41) is 3.47. The third-order valence-corrected chi connectivity index (χ3v) is 5.55. The Morgan fingerprint density at radius 2 is 1.62 bits per heavy atom. The maximum absolute atomic E-state index is 13.0. The van der Waals surface area contributed by atoms with Crippen LogP contribution in [0, 0.1) is 12.7 Å². The molecule has 0 aliphatic carbocycles. The van der Waals surface area contributed by atoms with Gasteiger partial charge in [-0.15, -0.1) is 0 Å². The highest BCUT2D eigenvalue weighted by Crippen LogP contribution is 2.33. The number of hydrogen-bond donors (Lipinski definition) is 1. The van der Waals surface area contributed by atoms with Gasteiger partial charge in [-0.1, -0.05) is 41.6 Å². The lowest BCUT2D eigenvalue weighted by molar-refractivity contribution is 0.0951. The monoisotopic (exact) mass is 445 g/mol. The molecular formula is C25H20FN3O2S. The van der Waals surface area contributed by atoms with Crippen molar-refractivity contribution >= 4 is 17.7 Å². The Kier molecular flexibility index (Phi) is 6.77. The minimum atomic E-state index is -0.306. The topological polar surface area (TPSA) is 64.1 Å². The summed E-state index contributed by atoms with van der Waals surface area (Å²) >= 11 is 1.47. The van der Waals surface area contributed by atoms with Gasteiger partial charge in [0.15, 0.2) is 5.03 Å². The van der Waals surface area contributed by atoms with Gasteiger partial charge in [0.25, 0.3) is 11.8 Å². The number of benzene rings is 3. The summed E-state index contributed by atoms with van der Waals surface area (Å²) in [6, 6.07) is 20.9. The standard InChI is InChI=1S/C25H20FN3O2S/c1-17-2-12-22(13-3-17)32-25-24(27-14-15-28-25)31-21-10-6-19(7-11-21)23(30)29-16-18-4-8-20(26)9-5-18/h2-15H,16H2,1H3,(H,29,30). The Balaban J connectivity index is 1.40. The van der Waals surface area contributed by atoms with E-state index in [1.165, 1.54) is 29.5 Å². The molecule has 160 valence electrons. The number of carbonyl (C=O) groups excluding carboxylic acids is 1. The first-order valence-electron chi connectivity index (χ1n) is 9.93. The minimum Gasteiger partial charge on any atom is -0.437 e. The maximum Gasteiger partial charge on any atom is 0.252 e. The first kappa shape index (κ1) is 21.5. The number of rotatable bonds is 7. The zero-order valence-corrected chi connectivity index (χ0v) is 18.1. The van der Waals surface area contributed by atoms with Crippen LogP contribution in [0.1, 0.15) is 21.5 Å². The van der Waals surface area contributed by atoms with Crippen LogP contribution >= 0.6 is 11.8 Å². The van der Waals surface area contributed by atoms with E-state index in [1.54, 1.807) is 48.8 Å². The molecule has 32 heavy (non-hydrogen) atoms. The first-order chi connectivity index (χ1) is 15.6. The highest BCUT2D eigenvalue weighted by molar-refractivity contribution is 7.99. The van der Waals surface area contributed by atoms with Crippen LogP contribution in [0.25, 0.3) is 0 Å². The average Bonchev–Trinajstić information content (AvgIpc) is 2.82. The second kappa shape index (κ2) is 10.1. The van der Waals surface area contributed by atoms with Crippen molar-refractivity contribution < 1.29 is 13.9 Å². The van der Waals surface area contributed by atoms with Gasteiger partial charge in [0.1, 0.15) is 11.6 Å². The fourth-order valence-corrected chi connectivity index (χ4v) is 3.63. The molecule has 1 amide bonds. The van der Waals surface area contributed by atoms with Crippen LogP contribution in [-0.2, 0) is 6.54 Å². The number of amides is 1. The Labute approximate surface area is 189 Å². The van der Waals surface area contributed by atoms with E-state index in [2.05, 4.69) is 15.3 Å². The van der Waals surface area contributed by atoms with Crippen molar-refractivity contribution in [3.05, 3.63) is 108 Å². The van der Waals surface area contributed by atoms with Crippen molar-refractivity contribution in [1.82, 2.24) is 15.3 Å². The normalized spacial score (nSPS) is 10.6. The van der Waals surface area contributed by atoms with Gasteiger partial charge in [-0.05, 0) is 61.0 Å². The van der Waals surface area contributed by atoms with Crippen LogP contribution in [0.5, 0.6) is 11.6 Å². The molecule has 5 nitrogen and oxygen atoms in total. The highest BCUT2D eigenvalue weighted by atomic mass is 32.2. The van der Waals surface area contributed by atoms with E-state index in [4.69, 9.17) is 4.74 Å². The number of aromatic nitrogens is 2. The van der Waals surface area contributed by atoms with E-state index in [0.29, 0.717) is 28.8 Å². The third kappa shape index (κ3) is 5.70. The molecule has 0 bridgehead atoms. The molecule has 3 aromatic carbocycles. The molecule has 1 heterocycles. The molecule has 1 aromatic heterocycles. The average molecular weight is 446 g/mol. The summed E-state index contributed by atoms with van der Waals surface area (Å²) < 4.78 is 18.9. The van der Waals surface area contributed by atoms with Crippen LogP contribution in [0.2, 0.25) is 0 Å². The van der Waals surface area contributed by atoms with E-state index in [1.807, 2.05) is 31.2 Å². The predicted octanol–water partition coefficient (Wildman–Crippen LogP) is 5.80. The molecule has 0 radical (unpaired) electrons. The van der Waals surface area contributed by atoms with E-state index < -0.39 is 0 Å². The molecule has 7 heteroatoms. The Morgan fingerprint density at radius 3 is 2.34 bits per heavy atom. The summed E-state index contributed by atoms with van der Waals surface area (Å²) in [7, 11) is 0. The molecule has 0 aliphatic heterocycles. The van der Waals surface area contributed by atoms with Crippen molar-refractivity contribution in [1.29, 1.82) is 0 Å². The Bertz CT molecular complexity index is 1200. The van der Waals surface area contributed by atoms with Gasteiger partial charge in [-0.2, -0.15) is 0 Å². The summed E-state index contributed by atoms with van der Waals surface area (Å²) in [6.45, 7) is 2.36. The Morgan fingerprint density at radius 1 is 0.938 bits per heavy atom. The van der Waals surface area contributed by atoms with Crippen molar-refractivity contribution in [2.75, 3.05) is 0 Å². The molecule has 0 saturated heterocycles. The number of halogens is 1. The van der Waals surface area contributed by atoms with Crippen LogP contribution in [0.3, 0.4) is 0 Å². The SMILES string of the molecule is Cc1ccc(Sc2nccnc2Oc2ccc(C(=O)NCc3ccc(F)cc3)cc2)cc1. The zero-order chi connectivity index (χ0) is 22.3. The van der Waals surface area contributed by atoms with Crippen molar-refractivity contribution in [2.24, 2.45) is 0 Å². The van der Waals surface area contributed by atoms with Gasteiger partial charge in [0.2, 0.25) is 0 Å². The highest BCUT2D eigenvalue weighted by Gasteiger charge is 2.11. The number of nitrogens with one attached hydrogen (secondary N) is 1. The molecule has 1 N–H and O–H groups in total. The van der Waals surface area contributed by atoms with E-state index in [9.17, 15) is 9.18 Å². The number of nitrogens with zero attached hydrogens (tertiary/aromatic N) is 2. The van der Waals surface area contributed by atoms with Gasteiger partial charge < -0.3 is 10.1 Å². The number of hydrogen-bond acceptors (Lipinski definition) is 5. The summed E-state index contributed by atoms with van der Waals surface area (Å²) in [6.07, 6.45) is 3.20. The first-order valence-corrected chi connectivity index (χ1v) is 10.7. The van der Waals surface area contributed by atoms with Gasteiger partial charge in [-0.25, -0.2) is 14.4 Å². The molecule has 4 aromatic rings. The predicted molar refractivity (Wildman–Crippen MR) is 121 cm³/mol. The fraction of sp³-hybridized carbons (Fsp3) is 0.0800. The van der Waals surface area contributed by atoms with Crippen LogP contribution in [-0.4, -0.2) is 15.9 Å². The van der Waals surface area contributed by atoms with Crippen molar-refractivity contribution in [3.63, 3.8) is 0 Å². The largest absolute Gasteiger partial charge is 0.437 e. The number of aryl methyl sites for hydroxylation is 1. The van der Waals surface area contributed by atoms with Crippen LogP contribution in [0.4, 0.5) is 4.39 Å². The molecule has 0 atom stereocenters. The fourth-order valence-electron chi connectivity index (χ4n) is 2.84. The van der Waals surface area contributed by atoms with Gasteiger partial charge in [0, 0.05) is 29.4 Å². The molecule has 0 saturated carbocycles. The lowest BCUT2D eigenvalue weighted by atomic mass is 10.2. The number of carbonyl (C=O) groups is 1. The minimum absolute atomic E-state index is 0.226. The molecule has 0 aliphatic rings. The van der Waals surface area contributed by atoms with Gasteiger partial charge in [-0.3, -0.25) is 4.79 Å². The molecule has 0 unspecified atom stereocenters. The lowest BCUT2D eigenvalue weighted by Crippen LogP contribution is -2.22. The smallest absolute Gasteiger partial charge is 0.252 e. The molecular weight excluding hydrogens is 425 g/mol.